The van der Waals surface area contributed by atoms with E-state index in [-0.39, 0.29) is 5.91 Å². The molecule has 0 atom stereocenters. The van der Waals surface area contributed by atoms with Crippen molar-refractivity contribution in [3.05, 3.63) is 21.3 Å². The van der Waals surface area contributed by atoms with E-state index in [1.54, 1.807) is 6.07 Å². The highest BCUT2D eigenvalue weighted by Crippen LogP contribution is 2.24. The largest absolute Gasteiger partial charge is 0.335 e. The number of halogens is 1. The van der Waals surface area contributed by atoms with Gasteiger partial charge in [-0.05, 0) is 11.4 Å². The van der Waals surface area contributed by atoms with Crippen molar-refractivity contribution in [2.24, 2.45) is 0 Å². The van der Waals surface area contributed by atoms with Gasteiger partial charge in [0.05, 0.1) is 5.02 Å². The van der Waals surface area contributed by atoms with E-state index in [2.05, 4.69) is 10.2 Å². The van der Waals surface area contributed by atoms with Crippen LogP contribution in [0, 0.1) is 0 Å². The van der Waals surface area contributed by atoms with Crippen LogP contribution in [0.25, 0.3) is 0 Å². The molecule has 1 amide bonds. The quantitative estimate of drug-likeness (QED) is 0.885. The van der Waals surface area contributed by atoms with E-state index < -0.39 is 0 Å². The van der Waals surface area contributed by atoms with Gasteiger partial charge in [0.25, 0.3) is 5.91 Å². The minimum Gasteiger partial charge on any atom is -0.335 e. The molecule has 1 aromatic rings. The molecule has 2 saturated heterocycles. The summed E-state index contributed by atoms with van der Waals surface area (Å²) in [5, 5.41) is 5.73. The van der Waals surface area contributed by atoms with E-state index >= 15 is 0 Å². The predicted octanol–water partition coefficient (Wildman–Crippen LogP) is 1.13. The Hall–Kier alpha value is -0.620. The molecule has 2 aliphatic heterocycles. The van der Waals surface area contributed by atoms with Gasteiger partial charge in [-0.1, -0.05) is 11.6 Å². The third-order valence-corrected chi connectivity index (χ3v) is 5.02. The molecule has 2 fully saturated rings. The fraction of sp³-hybridized carbons (Fsp3) is 0.583. The average molecular weight is 286 g/mol. The third kappa shape index (κ3) is 2.28. The highest BCUT2D eigenvalue weighted by atomic mass is 35.5. The van der Waals surface area contributed by atoms with Gasteiger partial charge in [0.15, 0.2) is 0 Å². The second kappa shape index (κ2) is 5.17. The molecule has 18 heavy (non-hydrogen) atoms. The van der Waals surface area contributed by atoms with Crippen LogP contribution in [0.3, 0.4) is 0 Å². The molecule has 0 aliphatic carbocycles. The molecular formula is C12H16ClN3OS. The number of piperazine rings is 1. The van der Waals surface area contributed by atoms with Crippen LogP contribution in [0.5, 0.6) is 0 Å². The zero-order valence-electron chi connectivity index (χ0n) is 10.1. The fourth-order valence-electron chi connectivity index (χ4n) is 2.41. The van der Waals surface area contributed by atoms with E-state index in [1.807, 2.05) is 10.3 Å². The van der Waals surface area contributed by atoms with E-state index in [1.165, 1.54) is 11.3 Å². The van der Waals surface area contributed by atoms with Crippen molar-refractivity contribution in [2.75, 3.05) is 39.3 Å². The zero-order chi connectivity index (χ0) is 12.5. The molecule has 0 unspecified atom stereocenters. The van der Waals surface area contributed by atoms with Crippen LogP contribution in [0.4, 0.5) is 0 Å². The number of nitrogens with zero attached hydrogens (tertiary/aromatic N) is 2. The first-order chi connectivity index (χ1) is 8.75. The molecule has 0 spiro atoms. The summed E-state index contributed by atoms with van der Waals surface area (Å²) in [7, 11) is 0. The van der Waals surface area contributed by atoms with Crippen molar-refractivity contribution in [2.45, 2.75) is 6.04 Å². The van der Waals surface area contributed by atoms with Gasteiger partial charge in [0.1, 0.15) is 4.88 Å². The smallest absolute Gasteiger partial charge is 0.265 e. The maximum atomic E-state index is 12.3. The van der Waals surface area contributed by atoms with Crippen LogP contribution in [0.2, 0.25) is 5.02 Å². The van der Waals surface area contributed by atoms with Gasteiger partial charge in [-0.15, -0.1) is 11.3 Å². The Morgan fingerprint density at radius 3 is 2.56 bits per heavy atom. The molecule has 0 saturated carbocycles. The number of amides is 1. The van der Waals surface area contributed by atoms with Gasteiger partial charge in [0.2, 0.25) is 0 Å². The maximum absolute atomic E-state index is 12.3. The van der Waals surface area contributed by atoms with Gasteiger partial charge in [-0.3, -0.25) is 9.69 Å². The van der Waals surface area contributed by atoms with Gasteiger partial charge < -0.3 is 10.2 Å². The summed E-state index contributed by atoms with van der Waals surface area (Å²) in [6.45, 7) is 5.74. The maximum Gasteiger partial charge on any atom is 0.265 e. The highest BCUT2D eigenvalue weighted by molar-refractivity contribution is 7.12. The first kappa shape index (κ1) is 12.4. The van der Waals surface area contributed by atoms with Crippen molar-refractivity contribution in [3.63, 3.8) is 0 Å². The van der Waals surface area contributed by atoms with Crippen LogP contribution >= 0.6 is 22.9 Å². The Morgan fingerprint density at radius 2 is 2.06 bits per heavy atom. The summed E-state index contributed by atoms with van der Waals surface area (Å²) in [5.41, 5.74) is 0. The Bertz CT molecular complexity index is 438. The van der Waals surface area contributed by atoms with Gasteiger partial charge in [-0.25, -0.2) is 0 Å². The molecule has 3 heterocycles. The van der Waals surface area contributed by atoms with Crippen LogP contribution in [0.15, 0.2) is 11.4 Å². The number of nitrogens with one attached hydrogen (secondary N) is 1. The van der Waals surface area contributed by atoms with E-state index in [0.717, 1.165) is 39.3 Å². The molecule has 3 rings (SSSR count). The Labute approximate surface area is 116 Å². The lowest BCUT2D eigenvalue weighted by molar-refractivity contribution is 0.0506. The SMILES string of the molecule is O=C(c1sccc1Cl)N1CCN(C2CNC2)CC1. The highest BCUT2D eigenvalue weighted by Gasteiger charge is 2.30. The first-order valence-corrected chi connectivity index (χ1v) is 7.48. The van der Waals surface area contributed by atoms with E-state index in [0.29, 0.717) is 15.9 Å². The van der Waals surface area contributed by atoms with Crippen molar-refractivity contribution in [3.8, 4) is 0 Å². The standard InChI is InChI=1S/C12H16ClN3OS/c13-10-1-6-18-11(10)12(17)16-4-2-15(3-5-16)9-7-14-8-9/h1,6,9,14H,2-5,7-8H2. The van der Waals surface area contributed by atoms with Gasteiger partial charge in [-0.2, -0.15) is 0 Å². The summed E-state index contributed by atoms with van der Waals surface area (Å²) in [5.74, 6) is 0.0846. The summed E-state index contributed by atoms with van der Waals surface area (Å²) in [6, 6.07) is 2.46. The second-order valence-corrected chi connectivity index (χ2v) is 6.06. The lowest BCUT2D eigenvalue weighted by atomic mass is 10.1. The number of hydrogen-bond acceptors (Lipinski definition) is 4. The summed E-state index contributed by atoms with van der Waals surface area (Å²) in [4.78, 5) is 17.3. The van der Waals surface area contributed by atoms with Crippen molar-refractivity contribution < 1.29 is 4.79 Å². The zero-order valence-corrected chi connectivity index (χ0v) is 11.6. The summed E-state index contributed by atoms with van der Waals surface area (Å²) in [6.07, 6.45) is 0. The van der Waals surface area contributed by atoms with Crippen molar-refractivity contribution in [1.29, 1.82) is 0 Å². The lowest BCUT2D eigenvalue weighted by Crippen LogP contribution is -2.62. The van der Waals surface area contributed by atoms with Crippen molar-refractivity contribution >= 4 is 28.8 Å². The minimum atomic E-state index is 0.0846. The van der Waals surface area contributed by atoms with E-state index in [4.69, 9.17) is 11.6 Å². The molecule has 6 heteroatoms. The monoisotopic (exact) mass is 285 g/mol. The topological polar surface area (TPSA) is 35.6 Å². The molecule has 2 aliphatic rings. The van der Waals surface area contributed by atoms with Crippen LogP contribution in [0.1, 0.15) is 9.67 Å². The first-order valence-electron chi connectivity index (χ1n) is 6.23. The molecule has 0 aromatic carbocycles. The molecule has 0 bridgehead atoms. The van der Waals surface area contributed by atoms with E-state index in [9.17, 15) is 4.79 Å². The lowest BCUT2D eigenvalue weighted by Gasteiger charge is -2.43. The fourth-order valence-corrected chi connectivity index (χ4v) is 3.51. The van der Waals surface area contributed by atoms with Crippen LogP contribution in [-0.4, -0.2) is 61.0 Å². The van der Waals surface area contributed by atoms with Crippen LogP contribution < -0.4 is 5.32 Å². The minimum absolute atomic E-state index is 0.0846. The summed E-state index contributed by atoms with van der Waals surface area (Å²) >= 11 is 7.44. The third-order valence-electron chi connectivity index (χ3n) is 3.69. The molecule has 4 nitrogen and oxygen atoms in total. The van der Waals surface area contributed by atoms with Gasteiger partial charge in [0, 0.05) is 45.3 Å². The Balaban J connectivity index is 1.59. The molecule has 0 radical (unpaired) electrons. The number of hydrogen-bond donors (Lipinski definition) is 1. The summed E-state index contributed by atoms with van der Waals surface area (Å²) < 4.78 is 0. The molecule has 1 N–H and O–H groups in total. The predicted molar refractivity (Wildman–Crippen MR) is 73.5 cm³/mol. The van der Waals surface area contributed by atoms with Crippen LogP contribution in [-0.2, 0) is 0 Å². The normalized spacial score (nSPS) is 21.9. The Kier molecular flexibility index (Phi) is 3.56. The number of rotatable bonds is 2. The Morgan fingerprint density at radius 1 is 1.33 bits per heavy atom. The molecular weight excluding hydrogens is 270 g/mol. The number of thiophene rings is 1. The number of carbonyl (C=O) groups excluding carboxylic acids is 1. The number of carbonyl (C=O) groups is 1. The second-order valence-electron chi connectivity index (χ2n) is 4.74. The average Bonchev–Trinajstić information content (AvgIpc) is 2.73. The molecule has 98 valence electrons. The van der Waals surface area contributed by atoms with Crippen molar-refractivity contribution in [1.82, 2.24) is 15.1 Å². The molecule has 1 aromatic heterocycles. The van der Waals surface area contributed by atoms with Gasteiger partial charge >= 0.3 is 0 Å².